The highest BCUT2D eigenvalue weighted by Gasteiger charge is 2.30. The average molecular weight is 578 g/mol. The molecule has 1 amide bonds. The number of piperidine rings is 1. The molecule has 0 aliphatic carbocycles. The SMILES string of the molecule is Cn1nc(-c2ccc(F)cc2)c(-c2ccc3nc(NC(=O)c4ccncc4)cn3n2)c1C1CCN(Cc2ccon2)CC1. The smallest absolute Gasteiger partial charge is 0.256 e. The van der Waals surface area contributed by atoms with Crippen LogP contribution in [0.2, 0.25) is 0 Å². The third kappa shape index (κ3) is 5.40. The number of carbonyl (C=O) groups excluding carboxylic acids is 1. The highest BCUT2D eigenvalue weighted by atomic mass is 19.1. The van der Waals surface area contributed by atoms with Crippen molar-refractivity contribution >= 4 is 17.4 Å². The Bertz CT molecular complexity index is 1870. The number of pyridine rings is 1. The second-order valence-corrected chi connectivity index (χ2v) is 10.6. The molecule has 12 heteroatoms. The molecule has 6 aromatic rings. The number of anilines is 1. The van der Waals surface area contributed by atoms with Crippen molar-refractivity contribution in [2.45, 2.75) is 25.3 Å². The lowest BCUT2D eigenvalue weighted by molar-refractivity contribution is 0.102. The summed E-state index contributed by atoms with van der Waals surface area (Å²) in [5, 5.41) is 16.7. The minimum Gasteiger partial charge on any atom is -0.364 e. The molecule has 1 aliphatic rings. The Balaban J connectivity index is 1.23. The standard InChI is InChI=1S/C31H28FN9O2/c1-39-30(21-10-15-40(16-11-21)18-24-12-17-43-38-24)28(29(37-39)20-2-4-23(32)5-3-20)25-6-7-27-34-26(19-41(27)36-25)35-31(42)22-8-13-33-14-9-22/h2-9,12-14,17,19,21H,10-11,15-16,18H2,1H3,(H,35,42). The minimum atomic E-state index is -0.305. The molecule has 1 aliphatic heterocycles. The number of hydrogen-bond acceptors (Lipinski definition) is 8. The van der Waals surface area contributed by atoms with Crippen molar-refractivity contribution in [2.75, 3.05) is 18.4 Å². The molecule has 1 N–H and O–H groups in total. The minimum absolute atomic E-state index is 0.241. The highest BCUT2D eigenvalue weighted by molar-refractivity contribution is 6.03. The van der Waals surface area contributed by atoms with Crippen LogP contribution in [0.15, 0.2) is 84.0 Å². The zero-order valence-corrected chi connectivity index (χ0v) is 23.4. The summed E-state index contributed by atoms with van der Waals surface area (Å²) in [6, 6.07) is 15.3. The predicted molar refractivity (Wildman–Crippen MR) is 157 cm³/mol. The van der Waals surface area contributed by atoms with Crippen molar-refractivity contribution in [3.05, 3.63) is 102 Å². The largest absolute Gasteiger partial charge is 0.364 e. The van der Waals surface area contributed by atoms with Gasteiger partial charge in [0.25, 0.3) is 5.91 Å². The topological polar surface area (TPSA) is 119 Å². The van der Waals surface area contributed by atoms with Gasteiger partial charge < -0.3 is 9.84 Å². The third-order valence-corrected chi connectivity index (χ3v) is 7.82. The fourth-order valence-electron chi connectivity index (χ4n) is 5.75. The molecular formula is C31H28FN9O2. The number of amides is 1. The van der Waals surface area contributed by atoms with Gasteiger partial charge in [0.15, 0.2) is 11.5 Å². The van der Waals surface area contributed by atoms with E-state index >= 15 is 0 Å². The van der Waals surface area contributed by atoms with E-state index in [2.05, 4.69) is 25.3 Å². The molecule has 1 saturated heterocycles. The van der Waals surface area contributed by atoms with E-state index in [9.17, 15) is 9.18 Å². The monoisotopic (exact) mass is 577 g/mol. The van der Waals surface area contributed by atoms with Crippen LogP contribution in [-0.4, -0.2) is 58.4 Å². The van der Waals surface area contributed by atoms with Crippen LogP contribution in [0.1, 0.15) is 40.5 Å². The van der Waals surface area contributed by atoms with E-state index in [-0.39, 0.29) is 17.6 Å². The van der Waals surface area contributed by atoms with Crippen LogP contribution < -0.4 is 5.32 Å². The van der Waals surface area contributed by atoms with E-state index < -0.39 is 0 Å². The van der Waals surface area contributed by atoms with E-state index in [1.165, 1.54) is 12.1 Å². The van der Waals surface area contributed by atoms with Crippen molar-refractivity contribution < 1.29 is 13.7 Å². The Morgan fingerprint density at radius 2 is 1.81 bits per heavy atom. The van der Waals surface area contributed by atoms with Crippen molar-refractivity contribution in [2.24, 2.45) is 7.05 Å². The van der Waals surface area contributed by atoms with Crippen molar-refractivity contribution in [1.29, 1.82) is 0 Å². The fraction of sp³-hybridized carbons (Fsp3) is 0.226. The summed E-state index contributed by atoms with van der Waals surface area (Å²) in [5.74, 6) is 0.0381. The summed E-state index contributed by atoms with van der Waals surface area (Å²) >= 11 is 0. The molecule has 0 bridgehead atoms. The van der Waals surface area contributed by atoms with E-state index in [1.807, 2.05) is 29.9 Å². The summed E-state index contributed by atoms with van der Waals surface area (Å²) in [7, 11) is 1.95. The Labute approximate surface area is 246 Å². The number of likely N-dealkylation sites (tertiary alicyclic amines) is 1. The van der Waals surface area contributed by atoms with Gasteiger partial charge in [0, 0.05) is 49.1 Å². The number of rotatable bonds is 7. The van der Waals surface area contributed by atoms with E-state index in [4.69, 9.17) is 14.7 Å². The van der Waals surface area contributed by atoms with Gasteiger partial charge in [0.2, 0.25) is 0 Å². The summed E-state index contributed by atoms with van der Waals surface area (Å²) in [5.41, 5.74) is 6.23. The molecule has 11 nitrogen and oxygen atoms in total. The molecule has 0 atom stereocenters. The van der Waals surface area contributed by atoms with E-state index in [0.29, 0.717) is 22.7 Å². The predicted octanol–water partition coefficient (Wildman–Crippen LogP) is 4.95. The first-order chi connectivity index (χ1) is 21.0. The Kier molecular flexibility index (Phi) is 6.95. The first-order valence-electron chi connectivity index (χ1n) is 14.0. The van der Waals surface area contributed by atoms with Crippen LogP contribution in [0, 0.1) is 5.82 Å². The van der Waals surface area contributed by atoms with Crippen LogP contribution in [0.4, 0.5) is 10.2 Å². The summed E-state index contributed by atoms with van der Waals surface area (Å²) in [6.07, 6.45) is 8.29. The van der Waals surface area contributed by atoms with Gasteiger partial charge in [0.05, 0.1) is 28.8 Å². The van der Waals surface area contributed by atoms with Crippen molar-refractivity contribution in [3.8, 4) is 22.5 Å². The zero-order valence-electron chi connectivity index (χ0n) is 23.4. The molecule has 1 fully saturated rings. The van der Waals surface area contributed by atoms with Crippen LogP contribution in [0.25, 0.3) is 28.2 Å². The van der Waals surface area contributed by atoms with Crippen LogP contribution in [0.5, 0.6) is 0 Å². The number of nitrogens with zero attached hydrogens (tertiary/aromatic N) is 8. The number of fused-ring (bicyclic) bond motifs is 1. The summed E-state index contributed by atoms with van der Waals surface area (Å²) in [4.78, 5) is 23.6. The van der Waals surface area contributed by atoms with Crippen LogP contribution >= 0.6 is 0 Å². The van der Waals surface area contributed by atoms with Gasteiger partial charge in [-0.3, -0.25) is 19.4 Å². The molecule has 43 heavy (non-hydrogen) atoms. The molecule has 1 aromatic carbocycles. The van der Waals surface area contributed by atoms with E-state index in [1.54, 1.807) is 53.6 Å². The van der Waals surface area contributed by atoms with Crippen LogP contribution in [-0.2, 0) is 13.6 Å². The quantitative estimate of drug-likeness (QED) is 0.283. The van der Waals surface area contributed by atoms with Gasteiger partial charge in [-0.05, 0) is 74.5 Å². The van der Waals surface area contributed by atoms with Gasteiger partial charge in [-0.2, -0.15) is 10.2 Å². The second kappa shape index (κ2) is 11.2. The average Bonchev–Trinajstić information content (AvgIpc) is 3.77. The number of imidazole rings is 1. The molecule has 7 rings (SSSR count). The molecule has 6 heterocycles. The van der Waals surface area contributed by atoms with Crippen molar-refractivity contribution in [3.63, 3.8) is 0 Å². The number of carbonyl (C=O) groups is 1. The summed E-state index contributed by atoms with van der Waals surface area (Å²) < 4.78 is 22.4. The third-order valence-electron chi connectivity index (χ3n) is 7.82. The van der Waals surface area contributed by atoms with Gasteiger partial charge >= 0.3 is 0 Å². The van der Waals surface area contributed by atoms with Gasteiger partial charge in [-0.15, -0.1) is 0 Å². The lowest BCUT2D eigenvalue weighted by Gasteiger charge is -2.31. The van der Waals surface area contributed by atoms with Crippen molar-refractivity contribution in [1.82, 2.24) is 39.4 Å². The first-order valence-corrected chi connectivity index (χ1v) is 14.0. The maximum atomic E-state index is 13.9. The Hall–Kier alpha value is -5.23. The normalized spacial score (nSPS) is 14.4. The zero-order chi connectivity index (χ0) is 29.3. The van der Waals surface area contributed by atoms with Gasteiger partial charge in [0.1, 0.15) is 17.8 Å². The summed E-state index contributed by atoms with van der Waals surface area (Å²) in [6.45, 7) is 2.56. The number of nitrogens with one attached hydrogen (secondary N) is 1. The first kappa shape index (κ1) is 26.7. The molecular weight excluding hydrogens is 549 g/mol. The second-order valence-electron chi connectivity index (χ2n) is 10.6. The molecule has 5 aromatic heterocycles. The molecule has 216 valence electrons. The maximum Gasteiger partial charge on any atom is 0.256 e. The number of hydrogen-bond donors (Lipinski definition) is 1. The van der Waals surface area contributed by atoms with Gasteiger partial charge in [-0.1, -0.05) is 5.16 Å². The number of halogens is 1. The Morgan fingerprint density at radius 1 is 1.02 bits per heavy atom. The Morgan fingerprint density at radius 3 is 2.56 bits per heavy atom. The van der Waals surface area contributed by atoms with E-state index in [0.717, 1.165) is 60.7 Å². The lowest BCUT2D eigenvalue weighted by Crippen LogP contribution is -2.33. The van der Waals surface area contributed by atoms with Crippen LogP contribution in [0.3, 0.4) is 0 Å². The lowest BCUT2D eigenvalue weighted by atomic mass is 9.88. The maximum absolute atomic E-state index is 13.9. The molecule has 0 radical (unpaired) electrons. The number of aryl methyl sites for hydroxylation is 1. The number of benzene rings is 1. The van der Waals surface area contributed by atoms with Gasteiger partial charge in [-0.25, -0.2) is 13.9 Å². The highest BCUT2D eigenvalue weighted by Crippen LogP contribution is 2.40. The number of aromatic nitrogens is 7. The molecule has 0 unspecified atom stereocenters. The molecule has 0 spiro atoms. The molecule has 0 saturated carbocycles. The fourth-order valence-corrected chi connectivity index (χ4v) is 5.75.